The van der Waals surface area contributed by atoms with Gasteiger partial charge in [0, 0.05) is 0 Å². The second kappa shape index (κ2) is 6.47. The molecule has 0 amide bonds. The minimum Gasteiger partial charge on any atom is -0.0888 e. The van der Waals surface area contributed by atoms with Crippen molar-refractivity contribution in [3.8, 4) is 0 Å². The lowest BCUT2D eigenvalue weighted by Crippen LogP contribution is -1.82. The quantitative estimate of drug-likeness (QED) is 0.468. The van der Waals surface area contributed by atoms with Crippen LogP contribution in [0.4, 0.5) is 0 Å². The van der Waals surface area contributed by atoms with Gasteiger partial charge in [-0.15, -0.1) is 0 Å². The molecule has 0 spiro atoms. The average molecular weight is 174 g/mol. The second-order valence-corrected chi connectivity index (χ2v) is 3.26. The molecule has 0 aliphatic heterocycles. The number of allylic oxidation sites excluding steroid dienone is 2. The monoisotopic (exact) mass is 174 g/mol. The Kier molecular flexibility index (Phi) is 5.00. The van der Waals surface area contributed by atoms with Gasteiger partial charge in [0.15, 0.2) is 0 Å². The predicted octanol–water partition coefficient (Wildman–Crippen LogP) is 3.98. The second-order valence-electron chi connectivity index (χ2n) is 3.26. The van der Waals surface area contributed by atoms with Crippen LogP contribution in [0.15, 0.2) is 42.5 Å². The van der Waals surface area contributed by atoms with Gasteiger partial charge in [0.2, 0.25) is 0 Å². The highest BCUT2D eigenvalue weighted by atomic mass is 13.9. The van der Waals surface area contributed by atoms with E-state index in [-0.39, 0.29) is 0 Å². The Morgan fingerprint density at radius 1 is 1.08 bits per heavy atom. The third-order valence-corrected chi connectivity index (χ3v) is 2.08. The van der Waals surface area contributed by atoms with Gasteiger partial charge in [0.1, 0.15) is 0 Å². The fraction of sp³-hybridized carbons (Fsp3) is 0.385. The molecule has 0 saturated carbocycles. The normalized spacial score (nSPS) is 10.8. The van der Waals surface area contributed by atoms with Gasteiger partial charge in [-0.2, -0.15) is 0 Å². The highest BCUT2D eigenvalue weighted by molar-refractivity contribution is 5.14. The Balaban J connectivity index is 2.17. The van der Waals surface area contributed by atoms with E-state index in [1.54, 1.807) is 0 Å². The first-order valence-corrected chi connectivity index (χ1v) is 5.12. The van der Waals surface area contributed by atoms with E-state index >= 15 is 0 Å². The maximum absolute atomic E-state index is 2.28. The molecule has 1 aromatic carbocycles. The molecular weight excluding hydrogens is 156 g/mol. The van der Waals surface area contributed by atoms with Crippen LogP contribution in [0, 0.1) is 0 Å². The zero-order chi connectivity index (χ0) is 9.36. The molecule has 0 aromatic heterocycles. The fourth-order valence-corrected chi connectivity index (χ4v) is 1.35. The van der Waals surface area contributed by atoms with Gasteiger partial charge < -0.3 is 0 Å². The summed E-state index contributed by atoms with van der Waals surface area (Å²) in [5.74, 6) is 0. The van der Waals surface area contributed by atoms with Gasteiger partial charge in [-0.1, -0.05) is 49.4 Å². The van der Waals surface area contributed by atoms with E-state index in [9.17, 15) is 0 Å². The molecule has 13 heavy (non-hydrogen) atoms. The third kappa shape index (κ3) is 4.51. The minimum atomic E-state index is 1.16. The van der Waals surface area contributed by atoms with Crippen LogP contribution >= 0.6 is 0 Å². The number of rotatable bonds is 5. The Labute approximate surface area is 81.3 Å². The highest BCUT2D eigenvalue weighted by Gasteiger charge is 1.88. The molecule has 0 atom stereocenters. The summed E-state index contributed by atoms with van der Waals surface area (Å²) in [5, 5.41) is 0. The molecule has 0 fully saturated rings. The van der Waals surface area contributed by atoms with Crippen molar-refractivity contribution >= 4 is 0 Å². The number of unbranched alkanes of at least 4 members (excludes halogenated alkanes) is 1. The Hall–Kier alpha value is -1.04. The van der Waals surface area contributed by atoms with Crippen molar-refractivity contribution in [2.24, 2.45) is 0 Å². The summed E-state index contributed by atoms with van der Waals surface area (Å²) in [6.45, 7) is 2.17. The summed E-state index contributed by atoms with van der Waals surface area (Å²) in [5.41, 5.74) is 1.45. The maximum Gasteiger partial charge on any atom is -0.0276 e. The zero-order valence-electron chi connectivity index (χ0n) is 8.37. The van der Waals surface area contributed by atoms with E-state index in [1.807, 2.05) is 0 Å². The van der Waals surface area contributed by atoms with Gasteiger partial charge in [0.25, 0.3) is 0 Å². The van der Waals surface area contributed by atoms with Gasteiger partial charge in [0.05, 0.1) is 0 Å². The van der Waals surface area contributed by atoms with Crippen LogP contribution in [0.1, 0.15) is 31.7 Å². The zero-order valence-corrected chi connectivity index (χ0v) is 8.37. The van der Waals surface area contributed by atoms with Crippen molar-refractivity contribution in [3.63, 3.8) is 0 Å². The molecule has 70 valence electrons. The predicted molar refractivity (Wildman–Crippen MR) is 58.8 cm³/mol. The van der Waals surface area contributed by atoms with Crippen molar-refractivity contribution in [2.45, 2.75) is 32.6 Å². The number of hydrogen-bond acceptors (Lipinski definition) is 0. The average Bonchev–Trinajstić information content (AvgIpc) is 2.19. The third-order valence-electron chi connectivity index (χ3n) is 2.08. The Bertz CT molecular complexity index is 233. The first-order chi connectivity index (χ1) is 6.43. The molecule has 1 aromatic rings. The summed E-state index contributed by atoms with van der Waals surface area (Å²) < 4.78 is 0. The topological polar surface area (TPSA) is 0 Å². The van der Waals surface area contributed by atoms with Crippen LogP contribution in [0.3, 0.4) is 0 Å². The molecule has 0 saturated heterocycles. The molecule has 0 N–H and O–H groups in total. The van der Waals surface area contributed by atoms with Gasteiger partial charge in [-0.25, -0.2) is 0 Å². The van der Waals surface area contributed by atoms with E-state index in [4.69, 9.17) is 0 Å². The van der Waals surface area contributed by atoms with Crippen molar-refractivity contribution in [1.29, 1.82) is 0 Å². The number of hydrogen-bond donors (Lipinski definition) is 0. The molecule has 1 rings (SSSR count). The van der Waals surface area contributed by atoms with Gasteiger partial charge in [-0.05, 0) is 31.2 Å². The molecule has 0 unspecified atom stereocenters. The minimum absolute atomic E-state index is 1.16. The van der Waals surface area contributed by atoms with Crippen LogP contribution in [0.5, 0.6) is 0 Å². The first kappa shape index (κ1) is 10.0. The van der Waals surface area contributed by atoms with Crippen molar-refractivity contribution in [1.82, 2.24) is 0 Å². The lowest BCUT2D eigenvalue weighted by molar-refractivity contribution is 0.840. The molecule has 0 bridgehead atoms. The molecule has 0 radical (unpaired) electrons. The summed E-state index contributed by atoms with van der Waals surface area (Å²) in [6, 6.07) is 10.7. The first-order valence-electron chi connectivity index (χ1n) is 5.12. The highest BCUT2D eigenvalue weighted by Crippen LogP contribution is 2.04. The Morgan fingerprint density at radius 2 is 1.85 bits per heavy atom. The SMILES string of the molecule is CCC=CCCCc1ccccc1. The van der Waals surface area contributed by atoms with Crippen LogP contribution in [-0.2, 0) is 6.42 Å². The van der Waals surface area contributed by atoms with E-state index in [2.05, 4.69) is 49.4 Å². The van der Waals surface area contributed by atoms with E-state index in [0.29, 0.717) is 0 Å². The smallest absolute Gasteiger partial charge is 0.0276 e. The van der Waals surface area contributed by atoms with Crippen molar-refractivity contribution in [3.05, 3.63) is 48.0 Å². The van der Waals surface area contributed by atoms with E-state index in [1.165, 1.54) is 24.8 Å². The molecular formula is C13H18. The molecule has 0 heterocycles. The number of aryl methyl sites for hydroxylation is 1. The molecule has 0 nitrogen and oxygen atoms in total. The van der Waals surface area contributed by atoms with Gasteiger partial charge in [-0.3, -0.25) is 0 Å². The largest absolute Gasteiger partial charge is 0.0888 e. The maximum atomic E-state index is 2.28. The summed E-state index contributed by atoms with van der Waals surface area (Å²) in [6.07, 6.45) is 9.36. The van der Waals surface area contributed by atoms with Gasteiger partial charge >= 0.3 is 0 Å². The number of benzene rings is 1. The fourth-order valence-electron chi connectivity index (χ4n) is 1.35. The Morgan fingerprint density at radius 3 is 2.54 bits per heavy atom. The van der Waals surface area contributed by atoms with Crippen molar-refractivity contribution in [2.75, 3.05) is 0 Å². The summed E-state index contributed by atoms with van der Waals surface area (Å²) in [4.78, 5) is 0. The standard InChI is InChI=1S/C13H18/c1-2-3-4-5-7-10-13-11-8-6-9-12-13/h3-4,6,8-9,11-12H,2,5,7,10H2,1H3. The lowest BCUT2D eigenvalue weighted by atomic mass is 10.1. The lowest BCUT2D eigenvalue weighted by Gasteiger charge is -1.97. The van der Waals surface area contributed by atoms with Crippen LogP contribution in [0.2, 0.25) is 0 Å². The van der Waals surface area contributed by atoms with E-state index < -0.39 is 0 Å². The van der Waals surface area contributed by atoms with Crippen molar-refractivity contribution < 1.29 is 0 Å². The molecule has 0 aliphatic rings. The summed E-state index contributed by atoms with van der Waals surface area (Å²) in [7, 11) is 0. The molecule has 0 aliphatic carbocycles. The van der Waals surface area contributed by atoms with Crippen LogP contribution in [-0.4, -0.2) is 0 Å². The molecule has 0 heteroatoms. The van der Waals surface area contributed by atoms with Crippen LogP contribution < -0.4 is 0 Å². The van der Waals surface area contributed by atoms with Crippen LogP contribution in [0.25, 0.3) is 0 Å². The van der Waals surface area contributed by atoms with E-state index in [0.717, 1.165) is 6.42 Å². The summed E-state index contributed by atoms with van der Waals surface area (Å²) >= 11 is 0.